The Labute approximate surface area is 146 Å². The van der Waals surface area contributed by atoms with Gasteiger partial charge in [-0.2, -0.15) is 0 Å². The van der Waals surface area contributed by atoms with Crippen molar-refractivity contribution < 1.29 is 19.6 Å². The Bertz CT molecular complexity index is 709. The molecule has 0 aliphatic carbocycles. The molecule has 1 aliphatic heterocycles. The van der Waals surface area contributed by atoms with Crippen molar-refractivity contribution in [3.63, 3.8) is 0 Å². The van der Waals surface area contributed by atoms with E-state index >= 15 is 0 Å². The van der Waals surface area contributed by atoms with E-state index in [1.807, 2.05) is 0 Å². The number of hydrogen-bond donors (Lipinski definition) is 1. The summed E-state index contributed by atoms with van der Waals surface area (Å²) in [6, 6.07) is 5.02. The van der Waals surface area contributed by atoms with Gasteiger partial charge in [-0.25, -0.2) is 0 Å². The summed E-state index contributed by atoms with van der Waals surface area (Å²) >= 11 is 0. The number of nitro benzene ring substituents is 1. The van der Waals surface area contributed by atoms with E-state index in [9.17, 15) is 24.8 Å². The molecule has 1 amide bonds. The third kappa shape index (κ3) is 3.87. The summed E-state index contributed by atoms with van der Waals surface area (Å²) in [5, 5.41) is 20.9. The summed E-state index contributed by atoms with van der Waals surface area (Å²) in [5.41, 5.74) is 0.554. The minimum absolute atomic E-state index is 0.0503. The summed E-state index contributed by atoms with van der Waals surface area (Å²) in [4.78, 5) is 36.2. The zero-order valence-electron chi connectivity index (χ0n) is 14.4. The first kappa shape index (κ1) is 18.6. The molecule has 0 aromatic heterocycles. The molecule has 1 aromatic carbocycles. The van der Waals surface area contributed by atoms with Gasteiger partial charge < -0.3 is 10.0 Å². The summed E-state index contributed by atoms with van der Waals surface area (Å²) in [7, 11) is 0. The highest BCUT2D eigenvalue weighted by molar-refractivity contribution is 6.08. The summed E-state index contributed by atoms with van der Waals surface area (Å²) in [6.45, 7) is 3.81. The van der Waals surface area contributed by atoms with E-state index in [-0.39, 0.29) is 17.0 Å². The Morgan fingerprint density at radius 2 is 1.88 bits per heavy atom. The molecular formula is C18H22N2O5. The van der Waals surface area contributed by atoms with E-state index in [1.165, 1.54) is 36.1 Å². The zero-order valence-corrected chi connectivity index (χ0v) is 14.4. The number of nitrogens with zero attached hydrogens (tertiary/aromatic N) is 2. The smallest absolute Gasteiger partial charge is 0.290 e. The highest BCUT2D eigenvalue weighted by Gasteiger charge is 2.42. The number of non-ortho nitro benzene ring substituents is 1. The van der Waals surface area contributed by atoms with Crippen LogP contribution in [0.2, 0.25) is 0 Å². The number of ketones is 1. The van der Waals surface area contributed by atoms with E-state index in [0.717, 1.165) is 25.7 Å². The molecule has 0 spiro atoms. The number of aliphatic hydroxyl groups excluding tert-OH is 1. The average molecular weight is 346 g/mol. The Kier molecular flexibility index (Phi) is 5.90. The van der Waals surface area contributed by atoms with Crippen molar-refractivity contribution in [3.8, 4) is 0 Å². The van der Waals surface area contributed by atoms with Crippen LogP contribution in [-0.4, -0.2) is 33.2 Å². The molecule has 1 atom stereocenters. The second-order valence-corrected chi connectivity index (χ2v) is 6.13. The lowest BCUT2D eigenvalue weighted by atomic mass is 9.96. The van der Waals surface area contributed by atoms with Gasteiger partial charge in [-0.3, -0.25) is 19.7 Å². The van der Waals surface area contributed by atoms with Crippen LogP contribution < -0.4 is 0 Å². The van der Waals surface area contributed by atoms with E-state index in [2.05, 4.69) is 6.92 Å². The maximum absolute atomic E-state index is 12.4. The second-order valence-electron chi connectivity index (χ2n) is 6.13. The molecule has 1 N–H and O–H groups in total. The van der Waals surface area contributed by atoms with Crippen LogP contribution in [-0.2, 0) is 9.59 Å². The lowest BCUT2D eigenvalue weighted by molar-refractivity contribution is -0.384. The fourth-order valence-corrected chi connectivity index (χ4v) is 3.08. The number of benzene rings is 1. The average Bonchev–Trinajstić information content (AvgIpc) is 2.83. The number of rotatable bonds is 8. The molecule has 0 unspecified atom stereocenters. The molecule has 0 saturated carbocycles. The van der Waals surface area contributed by atoms with Gasteiger partial charge >= 0.3 is 0 Å². The predicted octanol–water partition coefficient (Wildman–Crippen LogP) is 3.46. The van der Waals surface area contributed by atoms with Crippen LogP contribution in [0.15, 0.2) is 35.6 Å². The molecule has 134 valence electrons. The number of Topliss-reactive ketones (excluding diaryl/α,β-unsaturated/α-hetero) is 1. The third-order valence-corrected chi connectivity index (χ3v) is 4.36. The highest BCUT2D eigenvalue weighted by Crippen LogP contribution is 2.38. The van der Waals surface area contributed by atoms with Gasteiger partial charge in [0.2, 0.25) is 0 Å². The number of carbonyl (C=O) groups excluding carboxylic acids is 2. The largest absolute Gasteiger partial charge is 0.503 e. The van der Waals surface area contributed by atoms with E-state index in [4.69, 9.17) is 0 Å². The molecule has 7 heteroatoms. The van der Waals surface area contributed by atoms with Crippen molar-refractivity contribution in [1.82, 2.24) is 4.90 Å². The van der Waals surface area contributed by atoms with Crippen molar-refractivity contribution >= 4 is 17.4 Å². The molecule has 0 saturated heterocycles. The highest BCUT2D eigenvalue weighted by atomic mass is 16.6. The molecule has 1 heterocycles. The van der Waals surface area contributed by atoms with E-state index in [1.54, 1.807) is 0 Å². The second kappa shape index (κ2) is 7.92. The molecule has 1 aromatic rings. The molecule has 0 bridgehead atoms. The monoisotopic (exact) mass is 346 g/mol. The maximum Gasteiger partial charge on any atom is 0.290 e. The number of amides is 1. The van der Waals surface area contributed by atoms with Crippen LogP contribution in [0.3, 0.4) is 0 Å². The number of aliphatic hydroxyl groups is 1. The van der Waals surface area contributed by atoms with Crippen molar-refractivity contribution in [2.45, 2.75) is 45.6 Å². The zero-order chi connectivity index (χ0) is 18.6. The standard InChI is InChI=1S/C18H22N2O5/c1-3-4-5-6-11-19-16(15(12(2)21)17(22)18(19)23)13-7-9-14(10-8-13)20(24)25/h7-10,16,22H,3-6,11H2,1-2H3/t16-/m0/s1. The quantitative estimate of drug-likeness (QED) is 0.441. The van der Waals surface area contributed by atoms with E-state index in [0.29, 0.717) is 12.1 Å². The first-order chi connectivity index (χ1) is 11.9. The van der Waals surface area contributed by atoms with Gasteiger partial charge in [0.15, 0.2) is 11.5 Å². The van der Waals surface area contributed by atoms with Crippen molar-refractivity contribution in [3.05, 3.63) is 51.3 Å². The Morgan fingerprint density at radius 3 is 2.40 bits per heavy atom. The van der Waals surface area contributed by atoms with Crippen molar-refractivity contribution in [1.29, 1.82) is 0 Å². The fraction of sp³-hybridized carbons (Fsp3) is 0.444. The molecular weight excluding hydrogens is 324 g/mol. The fourth-order valence-electron chi connectivity index (χ4n) is 3.08. The minimum atomic E-state index is -0.701. The first-order valence-electron chi connectivity index (χ1n) is 8.37. The topological polar surface area (TPSA) is 101 Å². The Hall–Kier alpha value is -2.70. The molecule has 0 radical (unpaired) electrons. The maximum atomic E-state index is 12.4. The number of nitro groups is 1. The normalized spacial score (nSPS) is 17.3. The molecule has 1 aliphatic rings. The van der Waals surface area contributed by atoms with Crippen LogP contribution >= 0.6 is 0 Å². The van der Waals surface area contributed by atoms with Gasteiger partial charge in [0.1, 0.15) is 0 Å². The number of hydrogen-bond acceptors (Lipinski definition) is 5. The van der Waals surface area contributed by atoms with Crippen LogP contribution in [0, 0.1) is 10.1 Å². The molecule has 0 fully saturated rings. The van der Waals surface area contributed by atoms with Crippen LogP contribution in [0.4, 0.5) is 5.69 Å². The summed E-state index contributed by atoms with van der Waals surface area (Å²) in [5.74, 6) is -1.47. The SMILES string of the molecule is CCCCCCN1C(=O)C(O)=C(C(C)=O)[C@@H]1c1ccc([N+](=O)[O-])cc1. The predicted molar refractivity (Wildman–Crippen MR) is 92.0 cm³/mol. The lowest BCUT2D eigenvalue weighted by Crippen LogP contribution is -2.32. The number of unbranched alkanes of at least 4 members (excludes halogenated alkanes) is 3. The molecule has 2 rings (SSSR count). The van der Waals surface area contributed by atoms with Gasteiger partial charge in [0.25, 0.3) is 11.6 Å². The minimum Gasteiger partial charge on any atom is -0.503 e. The number of carbonyl (C=O) groups is 2. The van der Waals surface area contributed by atoms with Gasteiger partial charge in [-0.05, 0) is 31.0 Å². The van der Waals surface area contributed by atoms with Crippen molar-refractivity contribution in [2.75, 3.05) is 6.54 Å². The molecule has 7 nitrogen and oxygen atoms in total. The molecule has 25 heavy (non-hydrogen) atoms. The third-order valence-electron chi connectivity index (χ3n) is 4.36. The first-order valence-corrected chi connectivity index (χ1v) is 8.37. The van der Waals surface area contributed by atoms with E-state index < -0.39 is 22.6 Å². The Morgan fingerprint density at radius 1 is 1.24 bits per heavy atom. The summed E-state index contributed by atoms with van der Waals surface area (Å²) in [6.07, 6.45) is 3.82. The van der Waals surface area contributed by atoms with Crippen LogP contribution in [0.25, 0.3) is 0 Å². The summed E-state index contributed by atoms with van der Waals surface area (Å²) < 4.78 is 0. The van der Waals surface area contributed by atoms with Gasteiger partial charge in [0.05, 0.1) is 16.5 Å². The van der Waals surface area contributed by atoms with Gasteiger partial charge in [0, 0.05) is 18.7 Å². The van der Waals surface area contributed by atoms with Gasteiger partial charge in [-0.1, -0.05) is 26.2 Å². The lowest BCUT2D eigenvalue weighted by Gasteiger charge is -2.26. The van der Waals surface area contributed by atoms with Crippen molar-refractivity contribution in [2.24, 2.45) is 0 Å². The van der Waals surface area contributed by atoms with Gasteiger partial charge in [-0.15, -0.1) is 0 Å². The van der Waals surface area contributed by atoms with Crippen LogP contribution in [0.5, 0.6) is 0 Å². The van der Waals surface area contributed by atoms with Crippen LogP contribution in [0.1, 0.15) is 51.1 Å². The Balaban J connectivity index is 2.34.